The van der Waals surface area contributed by atoms with Crippen LogP contribution in [0.15, 0.2) is 24.3 Å². The van der Waals surface area contributed by atoms with Crippen LogP contribution in [0.5, 0.6) is 0 Å². The fourth-order valence-corrected chi connectivity index (χ4v) is 2.86. The van der Waals surface area contributed by atoms with Crippen LogP contribution >= 0.6 is 0 Å². The summed E-state index contributed by atoms with van der Waals surface area (Å²) in [7, 11) is 0. The van der Waals surface area contributed by atoms with Gasteiger partial charge in [0.2, 0.25) is 0 Å². The van der Waals surface area contributed by atoms with Crippen molar-refractivity contribution >= 4 is 11.0 Å². The summed E-state index contributed by atoms with van der Waals surface area (Å²) in [5, 5.41) is 0. The highest BCUT2D eigenvalue weighted by molar-refractivity contribution is 5.74. The van der Waals surface area contributed by atoms with Crippen molar-refractivity contribution in [3.63, 3.8) is 0 Å². The van der Waals surface area contributed by atoms with Gasteiger partial charge in [0.1, 0.15) is 5.82 Å². The van der Waals surface area contributed by atoms with Gasteiger partial charge in [0.15, 0.2) is 0 Å². The molecule has 2 heterocycles. The van der Waals surface area contributed by atoms with Crippen LogP contribution in [0.25, 0.3) is 11.0 Å². The van der Waals surface area contributed by atoms with E-state index in [0.717, 1.165) is 42.9 Å². The normalized spacial score (nSPS) is 24.9. The summed E-state index contributed by atoms with van der Waals surface area (Å²) in [6.07, 6.45) is 1.63. The number of rotatable bonds is 3. The monoisotopic (exact) mass is 259 g/mol. The molecule has 4 nitrogen and oxygen atoms in total. The molecule has 0 spiro atoms. The van der Waals surface area contributed by atoms with Gasteiger partial charge < -0.3 is 9.72 Å². The number of nitrogens with zero attached hydrogens (tertiary/aromatic N) is 2. The van der Waals surface area contributed by atoms with E-state index < -0.39 is 0 Å². The molecule has 0 saturated carbocycles. The molecule has 0 radical (unpaired) electrons. The minimum atomic E-state index is 0.333. The van der Waals surface area contributed by atoms with E-state index in [1.54, 1.807) is 0 Å². The van der Waals surface area contributed by atoms with E-state index in [1.165, 1.54) is 0 Å². The number of aromatic amines is 1. The molecule has 1 aromatic heterocycles. The van der Waals surface area contributed by atoms with Crippen LogP contribution in [0.3, 0.4) is 0 Å². The first-order valence-electron chi connectivity index (χ1n) is 7.02. The quantitative estimate of drug-likeness (QED) is 0.919. The summed E-state index contributed by atoms with van der Waals surface area (Å²) >= 11 is 0. The largest absolute Gasteiger partial charge is 0.373 e. The highest BCUT2D eigenvalue weighted by Gasteiger charge is 2.21. The Morgan fingerprint density at radius 1 is 1.26 bits per heavy atom. The molecule has 0 bridgehead atoms. The Morgan fingerprint density at radius 2 is 2.00 bits per heavy atom. The molecule has 4 heteroatoms. The second-order valence-corrected chi connectivity index (χ2v) is 5.47. The number of fused-ring (bicyclic) bond motifs is 1. The summed E-state index contributed by atoms with van der Waals surface area (Å²) in [5.41, 5.74) is 2.18. The predicted molar refractivity (Wildman–Crippen MR) is 76.2 cm³/mol. The van der Waals surface area contributed by atoms with Crippen LogP contribution in [0.1, 0.15) is 19.7 Å². The van der Waals surface area contributed by atoms with Gasteiger partial charge in [-0.15, -0.1) is 0 Å². The molecule has 2 aromatic rings. The molecule has 19 heavy (non-hydrogen) atoms. The van der Waals surface area contributed by atoms with Gasteiger partial charge in [-0.25, -0.2) is 4.98 Å². The van der Waals surface area contributed by atoms with Gasteiger partial charge in [0.25, 0.3) is 0 Å². The van der Waals surface area contributed by atoms with Gasteiger partial charge in [-0.05, 0) is 26.0 Å². The Kier molecular flexibility index (Phi) is 3.53. The van der Waals surface area contributed by atoms with Crippen LogP contribution in [-0.4, -0.2) is 46.7 Å². The lowest BCUT2D eigenvalue weighted by Crippen LogP contribution is -2.46. The number of benzene rings is 1. The number of imidazole rings is 1. The third kappa shape index (κ3) is 2.96. The zero-order valence-electron chi connectivity index (χ0n) is 11.6. The summed E-state index contributed by atoms with van der Waals surface area (Å²) in [6, 6.07) is 8.19. The van der Waals surface area contributed by atoms with Crippen LogP contribution in [0, 0.1) is 0 Å². The zero-order valence-corrected chi connectivity index (χ0v) is 11.6. The van der Waals surface area contributed by atoms with Gasteiger partial charge >= 0.3 is 0 Å². The van der Waals surface area contributed by atoms with Crippen LogP contribution < -0.4 is 0 Å². The van der Waals surface area contributed by atoms with Crippen molar-refractivity contribution < 1.29 is 4.74 Å². The second kappa shape index (κ2) is 5.31. The van der Waals surface area contributed by atoms with Gasteiger partial charge in [-0.3, -0.25) is 4.90 Å². The molecule has 2 unspecified atom stereocenters. The lowest BCUT2D eigenvalue weighted by Gasteiger charge is -2.35. The van der Waals surface area contributed by atoms with E-state index in [4.69, 9.17) is 4.74 Å². The molecule has 1 saturated heterocycles. The first kappa shape index (κ1) is 12.6. The molecule has 1 fully saturated rings. The number of hydrogen-bond acceptors (Lipinski definition) is 3. The standard InChI is InChI=1S/C15H21N3O/c1-11-9-18(10-12(2)19-11)8-7-15-16-13-5-3-4-6-14(13)17-15/h3-6,11-12H,7-10H2,1-2H3,(H,16,17). The number of morpholine rings is 1. The van der Waals surface area contributed by atoms with Crippen molar-refractivity contribution in [3.05, 3.63) is 30.1 Å². The SMILES string of the molecule is CC1CN(CCc2nc3ccccc3[nH]2)CC(C)O1. The molecule has 1 aromatic carbocycles. The Hall–Kier alpha value is -1.39. The Labute approximate surface area is 113 Å². The fraction of sp³-hybridized carbons (Fsp3) is 0.533. The van der Waals surface area contributed by atoms with Crippen molar-refractivity contribution in [2.75, 3.05) is 19.6 Å². The van der Waals surface area contributed by atoms with Crippen molar-refractivity contribution in [1.82, 2.24) is 14.9 Å². The molecular formula is C15H21N3O. The number of nitrogens with one attached hydrogen (secondary N) is 1. The maximum absolute atomic E-state index is 5.75. The Balaban J connectivity index is 1.62. The van der Waals surface area contributed by atoms with E-state index in [0.29, 0.717) is 12.2 Å². The van der Waals surface area contributed by atoms with Gasteiger partial charge in [0.05, 0.1) is 23.2 Å². The Bertz CT molecular complexity index is 508. The third-order valence-electron chi connectivity index (χ3n) is 3.60. The average molecular weight is 259 g/mol. The summed E-state index contributed by atoms with van der Waals surface area (Å²) in [6.45, 7) is 7.36. The van der Waals surface area contributed by atoms with Crippen LogP contribution in [0.4, 0.5) is 0 Å². The third-order valence-corrected chi connectivity index (χ3v) is 3.60. The van der Waals surface area contributed by atoms with E-state index in [1.807, 2.05) is 18.2 Å². The average Bonchev–Trinajstić information content (AvgIpc) is 2.78. The first-order chi connectivity index (χ1) is 9.20. The molecule has 3 rings (SSSR count). The summed E-state index contributed by atoms with van der Waals surface area (Å²) < 4.78 is 5.75. The van der Waals surface area contributed by atoms with Crippen LogP contribution in [-0.2, 0) is 11.2 Å². The highest BCUT2D eigenvalue weighted by Crippen LogP contribution is 2.13. The minimum absolute atomic E-state index is 0.333. The maximum atomic E-state index is 5.75. The fourth-order valence-electron chi connectivity index (χ4n) is 2.86. The first-order valence-corrected chi connectivity index (χ1v) is 7.02. The van der Waals surface area contributed by atoms with E-state index >= 15 is 0 Å². The van der Waals surface area contributed by atoms with Crippen molar-refractivity contribution in [2.45, 2.75) is 32.5 Å². The van der Waals surface area contributed by atoms with Crippen LogP contribution in [0.2, 0.25) is 0 Å². The van der Waals surface area contributed by atoms with Crippen molar-refractivity contribution in [1.29, 1.82) is 0 Å². The topological polar surface area (TPSA) is 41.2 Å². The number of ether oxygens (including phenoxy) is 1. The van der Waals surface area contributed by atoms with E-state index in [2.05, 4.69) is 34.8 Å². The predicted octanol–water partition coefficient (Wildman–Crippen LogP) is 2.21. The molecule has 1 aliphatic heterocycles. The smallest absolute Gasteiger partial charge is 0.108 e. The molecule has 0 amide bonds. The Morgan fingerprint density at radius 3 is 2.74 bits per heavy atom. The van der Waals surface area contributed by atoms with Crippen molar-refractivity contribution in [3.8, 4) is 0 Å². The molecule has 2 atom stereocenters. The molecule has 0 aliphatic carbocycles. The maximum Gasteiger partial charge on any atom is 0.108 e. The van der Waals surface area contributed by atoms with Gasteiger partial charge in [-0.1, -0.05) is 12.1 Å². The molecule has 1 N–H and O–H groups in total. The van der Waals surface area contributed by atoms with E-state index in [9.17, 15) is 0 Å². The second-order valence-electron chi connectivity index (χ2n) is 5.47. The lowest BCUT2D eigenvalue weighted by molar-refractivity contribution is -0.0676. The zero-order chi connectivity index (χ0) is 13.2. The van der Waals surface area contributed by atoms with Gasteiger partial charge in [-0.2, -0.15) is 0 Å². The number of aromatic nitrogens is 2. The molecule has 1 aliphatic rings. The summed E-state index contributed by atoms with van der Waals surface area (Å²) in [4.78, 5) is 10.5. The summed E-state index contributed by atoms with van der Waals surface area (Å²) in [5.74, 6) is 1.08. The highest BCUT2D eigenvalue weighted by atomic mass is 16.5. The number of hydrogen-bond donors (Lipinski definition) is 1. The lowest BCUT2D eigenvalue weighted by atomic mass is 10.2. The van der Waals surface area contributed by atoms with Crippen molar-refractivity contribution in [2.24, 2.45) is 0 Å². The minimum Gasteiger partial charge on any atom is -0.373 e. The van der Waals surface area contributed by atoms with E-state index in [-0.39, 0.29) is 0 Å². The number of H-pyrrole nitrogens is 1. The number of para-hydroxylation sites is 2. The van der Waals surface area contributed by atoms with Gasteiger partial charge in [0, 0.05) is 26.1 Å². The molecular weight excluding hydrogens is 238 g/mol. The molecule has 102 valence electrons.